The minimum Gasteiger partial charge on any atom is -0.506 e. The molecule has 0 saturated heterocycles. The zero-order valence-corrected chi connectivity index (χ0v) is 14.3. The highest BCUT2D eigenvalue weighted by atomic mass is 32.1. The second-order valence-electron chi connectivity index (χ2n) is 5.12. The smallest absolute Gasteiger partial charge is 0.139 e. The highest BCUT2D eigenvalue weighted by molar-refractivity contribution is 7.80. The fraction of sp³-hybridized carbons (Fsp3) is 0.235. The molecule has 3 N–H and O–H groups in total. The van der Waals surface area contributed by atoms with Gasteiger partial charge in [0.25, 0.3) is 0 Å². The molecule has 0 unspecified atom stereocenters. The van der Waals surface area contributed by atoms with Crippen molar-refractivity contribution in [1.29, 1.82) is 0 Å². The van der Waals surface area contributed by atoms with Crippen LogP contribution in [0, 0.1) is 0 Å². The van der Waals surface area contributed by atoms with E-state index in [1.54, 1.807) is 17.4 Å². The molecule has 2 aromatic carbocycles. The molecule has 4 nitrogen and oxygen atoms in total. The summed E-state index contributed by atoms with van der Waals surface area (Å²) in [4.78, 5) is 4.62. The Kier molecular flexibility index (Phi) is 5.38. The second kappa shape index (κ2) is 7.68. The third-order valence-electron chi connectivity index (χ3n) is 3.44. The molecule has 23 heavy (non-hydrogen) atoms. The standard InChI is InChI=1S/C17H19N3OS2/c21-15-11-12(5-6-13(15)19-8-7-18-9-10-22)17-20-14-3-1-2-4-16(14)23-17/h1-6,11,18-19,21-22H,7-10H2. The molecule has 0 aliphatic carbocycles. The van der Waals surface area contributed by atoms with Crippen molar-refractivity contribution in [2.45, 2.75) is 0 Å². The summed E-state index contributed by atoms with van der Waals surface area (Å²) in [5.41, 5.74) is 2.66. The number of para-hydroxylation sites is 1. The number of hydrogen-bond acceptors (Lipinski definition) is 6. The van der Waals surface area contributed by atoms with Crippen LogP contribution in [0.25, 0.3) is 20.8 Å². The van der Waals surface area contributed by atoms with Gasteiger partial charge in [-0.1, -0.05) is 12.1 Å². The number of phenolic OH excluding ortho intramolecular Hbond substituents is 1. The molecule has 0 amide bonds. The molecule has 1 heterocycles. The first-order chi connectivity index (χ1) is 11.3. The maximum atomic E-state index is 10.2. The average molecular weight is 345 g/mol. The molecule has 0 bridgehead atoms. The number of aromatic nitrogens is 1. The molecule has 0 atom stereocenters. The molecule has 0 spiro atoms. The Hall–Kier alpha value is -1.76. The number of nitrogens with zero attached hydrogens (tertiary/aromatic N) is 1. The number of rotatable bonds is 7. The van der Waals surface area contributed by atoms with E-state index in [1.165, 1.54) is 0 Å². The van der Waals surface area contributed by atoms with Crippen molar-refractivity contribution in [3.8, 4) is 16.3 Å². The largest absolute Gasteiger partial charge is 0.506 e. The van der Waals surface area contributed by atoms with Crippen LogP contribution in [0.2, 0.25) is 0 Å². The molecule has 1 aromatic heterocycles. The molecule has 0 fully saturated rings. The monoisotopic (exact) mass is 345 g/mol. The van der Waals surface area contributed by atoms with E-state index in [0.717, 1.165) is 51.9 Å². The summed E-state index contributed by atoms with van der Waals surface area (Å²) in [7, 11) is 0. The summed E-state index contributed by atoms with van der Waals surface area (Å²) < 4.78 is 1.15. The fourth-order valence-corrected chi connectivity index (χ4v) is 3.42. The zero-order valence-electron chi connectivity index (χ0n) is 12.6. The van der Waals surface area contributed by atoms with E-state index in [9.17, 15) is 5.11 Å². The fourth-order valence-electron chi connectivity index (χ4n) is 2.30. The lowest BCUT2D eigenvalue weighted by Gasteiger charge is -2.09. The average Bonchev–Trinajstić information content (AvgIpc) is 3.00. The number of thiazole rings is 1. The Balaban J connectivity index is 1.71. The van der Waals surface area contributed by atoms with Gasteiger partial charge in [-0.15, -0.1) is 11.3 Å². The van der Waals surface area contributed by atoms with Crippen molar-refractivity contribution in [3.63, 3.8) is 0 Å². The summed E-state index contributed by atoms with van der Waals surface area (Å²) in [5.74, 6) is 1.07. The summed E-state index contributed by atoms with van der Waals surface area (Å²) in [6.07, 6.45) is 0. The summed E-state index contributed by atoms with van der Waals surface area (Å²) >= 11 is 5.78. The van der Waals surface area contributed by atoms with Gasteiger partial charge in [0.1, 0.15) is 10.8 Å². The summed E-state index contributed by atoms with van der Waals surface area (Å²) in [5, 5.41) is 17.6. The molecule has 0 saturated carbocycles. The molecule has 0 radical (unpaired) electrons. The van der Waals surface area contributed by atoms with Crippen molar-refractivity contribution < 1.29 is 5.11 Å². The molecule has 3 aromatic rings. The van der Waals surface area contributed by atoms with Gasteiger partial charge < -0.3 is 15.7 Å². The van der Waals surface area contributed by atoms with Crippen LogP contribution in [-0.4, -0.2) is 35.5 Å². The van der Waals surface area contributed by atoms with Crippen LogP contribution in [0.4, 0.5) is 5.69 Å². The van der Waals surface area contributed by atoms with E-state index < -0.39 is 0 Å². The molecular formula is C17H19N3OS2. The van der Waals surface area contributed by atoms with Gasteiger partial charge in [-0.2, -0.15) is 12.6 Å². The topological polar surface area (TPSA) is 57.2 Å². The van der Waals surface area contributed by atoms with Gasteiger partial charge in [0.05, 0.1) is 15.9 Å². The lowest BCUT2D eigenvalue weighted by Crippen LogP contribution is -2.23. The van der Waals surface area contributed by atoms with E-state index in [4.69, 9.17) is 0 Å². The number of thiol groups is 1. The van der Waals surface area contributed by atoms with E-state index in [0.29, 0.717) is 0 Å². The predicted octanol–water partition coefficient (Wildman–Crippen LogP) is 3.60. The van der Waals surface area contributed by atoms with Crippen LogP contribution in [0.3, 0.4) is 0 Å². The number of benzene rings is 2. The van der Waals surface area contributed by atoms with Gasteiger partial charge in [-0.3, -0.25) is 0 Å². The maximum absolute atomic E-state index is 10.2. The van der Waals surface area contributed by atoms with Crippen molar-refractivity contribution in [2.24, 2.45) is 0 Å². The minimum absolute atomic E-state index is 0.246. The van der Waals surface area contributed by atoms with Crippen LogP contribution in [0.5, 0.6) is 5.75 Å². The van der Waals surface area contributed by atoms with Crippen LogP contribution in [0.1, 0.15) is 0 Å². The summed E-state index contributed by atoms with van der Waals surface area (Å²) in [6.45, 7) is 2.47. The predicted molar refractivity (Wildman–Crippen MR) is 102 cm³/mol. The third kappa shape index (κ3) is 3.96. The van der Waals surface area contributed by atoms with Gasteiger partial charge in [-0.25, -0.2) is 4.98 Å². The first kappa shape index (κ1) is 16.1. The molecule has 3 rings (SSSR count). The van der Waals surface area contributed by atoms with E-state index >= 15 is 0 Å². The van der Waals surface area contributed by atoms with Crippen molar-refractivity contribution >= 4 is 39.9 Å². The van der Waals surface area contributed by atoms with Gasteiger partial charge in [0.15, 0.2) is 0 Å². The highest BCUT2D eigenvalue weighted by Crippen LogP contribution is 2.34. The highest BCUT2D eigenvalue weighted by Gasteiger charge is 2.08. The van der Waals surface area contributed by atoms with E-state index in [-0.39, 0.29) is 5.75 Å². The van der Waals surface area contributed by atoms with Crippen molar-refractivity contribution in [1.82, 2.24) is 10.3 Å². The van der Waals surface area contributed by atoms with Gasteiger partial charge in [0, 0.05) is 31.0 Å². The molecular weight excluding hydrogens is 326 g/mol. The third-order valence-corrected chi connectivity index (χ3v) is 4.75. The molecule has 6 heteroatoms. The zero-order chi connectivity index (χ0) is 16.1. The molecule has 120 valence electrons. The number of hydrogen-bond donors (Lipinski definition) is 4. The van der Waals surface area contributed by atoms with Crippen molar-refractivity contribution in [3.05, 3.63) is 42.5 Å². The Morgan fingerprint density at radius 2 is 1.96 bits per heavy atom. The Labute approximate surface area is 145 Å². The maximum Gasteiger partial charge on any atom is 0.139 e. The first-order valence-corrected chi connectivity index (χ1v) is 8.97. The van der Waals surface area contributed by atoms with E-state index in [1.807, 2.05) is 30.3 Å². The quantitative estimate of drug-likeness (QED) is 0.300. The van der Waals surface area contributed by atoms with Gasteiger partial charge >= 0.3 is 0 Å². The second-order valence-corrected chi connectivity index (χ2v) is 6.60. The lowest BCUT2D eigenvalue weighted by atomic mass is 10.2. The van der Waals surface area contributed by atoms with Crippen LogP contribution in [-0.2, 0) is 0 Å². The number of aromatic hydroxyl groups is 1. The summed E-state index contributed by atoms with van der Waals surface area (Å²) in [6, 6.07) is 13.7. The Morgan fingerprint density at radius 1 is 1.09 bits per heavy atom. The van der Waals surface area contributed by atoms with E-state index in [2.05, 4.69) is 34.3 Å². The Bertz CT molecular complexity index is 755. The van der Waals surface area contributed by atoms with Gasteiger partial charge in [0.2, 0.25) is 0 Å². The van der Waals surface area contributed by atoms with Crippen molar-refractivity contribution in [2.75, 3.05) is 30.7 Å². The Morgan fingerprint density at radius 3 is 2.74 bits per heavy atom. The number of fused-ring (bicyclic) bond motifs is 1. The van der Waals surface area contributed by atoms with Crippen LogP contribution < -0.4 is 10.6 Å². The number of nitrogens with one attached hydrogen (secondary N) is 2. The lowest BCUT2D eigenvalue weighted by molar-refractivity contribution is 0.477. The molecule has 0 aliphatic heterocycles. The first-order valence-electron chi connectivity index (χ1n) is 7.52. The normalized spacial score (nSPS) is 11.0. The number of anilines is 1. The molecule has 0 aliphatic rings. The minimum atomic E-state index is 0.246. The van der Waals surface area contributed by atoms with Crippen LogP contribution >= 0.6 is 24.0 Å². The SMILES string of the molecule is Oc1cc(-c2nc3ccccc3s2)ccc1NCCNCCS. The number of phenols is 1. The van der Waals surface area contributed by atoms with Crippen LogP contribution in [0.15, 0.2) is 42.5 Å². The van der Waals surface area contributed by atoms with Gasteiger partial charge in [-0.05, 0) is 30.3 Å².